The van der Waals surface area contributed by atoms with Crippen molar-refractivity contribution in [3.63, 3.8) is 0 Å². The van der Waals surface area contributed by atoms with Crippen LogP contribution in [-0.4, -0.2) is 31.7 Å². The quantitative estimate of drug-likeness (QED) is 0.479. The first kappa shape index (κ1) is 16.2. The molecule has 0 unspecified atom stereocenters. The van der Waals surface area contributed by atoms with E-state index < -0.39 is 11.6 Å². The average Bonchev–Trinajstić information content (AvgIpc) is 2.36. The molecular weight excluding hydrogens is 264 g/mol. The van der Waals surface area contributed by atoms with Crippen LogP contribution in [0.3, 0.4) is 0 Å². The molecule has 0 aromatic heterocycles. The second kappa shape index (κ2) is 8.35. The van der Waals surface area contributed by atoms with E-state index in [9.17, 15) is 8.78 Å². The van der Waals surface area contributed by atoms with Crippen molar-refractivity contribution in [2.75, 3.05) is 19.7 Å². The van der Waals surface area contributed by atoms with Crippen LogP contribution in [0.2, 0.25) is 0 Å². The molecule has 20 heavy (non-hydrogen) atoms. The third-order valence-corrected chi connectivity index (χ3v) is 2.28. The van der Waals surface area contributed by atoms with Crippen LogP contribution in [-0.2, 0) is 0 Å². The minimum Gasteiger partial charge on any atom is -0.489 e. The van der Waals surface area contributed by atoms with Gasteiger partial charge in [0, 0.05) is 18.7 Å². The Morgan fingerprint density at radius 1 is 1.35 bits per heavy atom. The lowest BCUT2D eigenvalue weighted by Gasteiger charge is -2.14. The van der Waals surface area contributed by atoms with E-state index in [0.29, 0.717) is 12.5 Å². The highest BCUT2D eigenvalue weighted by molar-refractivity contribution is 5.79. The van der Waals surface area contributed by atoms with Crippen LogP contribution >= 0.6 is 0 Å². The zero-order chi connectivity index (χ0) is 15.0. The molecule has 0 aliphatic carbocycles. The first-order chi connectivity index (χ1) is 9.52. The van der Waals surface area contributed by atoms with Crippen LogP contribution in [0.4, 0.5) is 8.78 Å². The van der Waals surface area contributed by atoms with E-state index in [4.69, 9.17) is 4.74 Å². The SMILES string of the molecule is CCNC(=NCCOc1ccc(F)cc1F)NC(C)C. The summed E-state index contributed by atoms with van der Waals surface area (Å²) in [7, 11) is 0. The lowest BCUT2D eigenvalue weighted by molar-refractivity contribution is 0.310. The topological polar surface area (TPSA) is 45.7 Å². The molecule has 0 aliphatic heterocycles. The number of hydrogen-bond acceptors (Lipinski definition) is 2. The van der Waals surface area contributed by atoms with E-state index in [1.165, 1.54) is 6.07 Å². The first-order valence-electron chi connectivity index (χ1n) is 6.65. The highest BCUT2D eigenvalue weighted by Crippen LogP contribution is 2.17. The standard InChI is InChI=1S/C14H21F2N3O/c1-4-17-14(19-10(2)3)18-7-8-20-13-6-5-11(15)9-12(13)16/h5-6,9-10H,4,7-8H2,1-3H3,(H2,17,18,19). The smallest absolute Gasteiger partial charge is 0.191 e. The van der Waals surface area contributed by atoms with Crippen molar-refractivity contribution >= 4 is 5.96 Å². The lowest BCUT2D eigenvalue weighted by atomic mass is 10.3. The average molecular weight is 285 g/mol. The molecule has 0 heterocycles. The van der Waals surface area contributed by atoms with E-state index in [1.807, 2.05) is 20.8 Å². The third-order valence-electron chi connectivity index (χ3n) is 2.28. The van der Waals surface area contributed by atoms with Crippen molar-refractivity contribution in [1.82, 2.24) is 10.6 Å². The van der Waals surface area contributed by atoms with Gasteiger partial charge >= 0.3 is 0 Å². The maximum Gasteiger partial charge on any atom is 0.191 e. The van der Waals surface area contributed by atoms with Crippen molar-refractivity contribution in [3.8, 4) is 5.75 Å². The van der Waals surface area contributed by atoms with Gasteiger partial charge in [-0.3, -0.25) is 0 Å². The van der Waals surface area contributed by atoms with E-state index in [2.05, 4.69) is 15.6 Å². The molecule has 0 fully saturated rings. The van der Waals surface area contributed by atoms with Gasteiger partial charge in [0.15, 0.2) is 17.5 Å². The molecule has 1 aromatic rings. The Morgan fingerprint density at radius 2 is 2.10 bits per heavy atom. The van der Waals surface area contributed by atoms with Crippen molar-refractivity contribution in [2.24, 2.45) is 4.99 Å². The summed E-state index contributed by atoms with van der Waals surface area (Å²) >= 11 is 0. The summed E-state index contributed by atoms with van der Waals surface area (Å²) < 4.78 is 31.2. The van der Waals surface area contributed by atoms with Crippen LogP contribution in [0.15, 0.2) is 23.2 Å². The molecular formula is C14H21F2N3O. The van der Waals surface area contributed by atoms with E-state index in [1.54, 1.807) is 0 Å². The molecule has 1 rings (SSSR count). The zero-order valence-corrected chi connectivity index (χ0v) is 12.0. The fourth-order valence-corrected chi connectivity index (χ4v) is 1.50. The number of nitrogens with zero attached hydrogens (tertiary/aromatic N) is 1. The summed E-state index contributed by atoms with van der Waals surface area (Å²) in [4.78, 5) is 4.29. The van der Waals surface area contributed by atoms with E-state index >= 15 is 0 Å². The minimum absolute atomic E-state index is 0.0309. The molecule has 0 atom stereocenters. The van der Waals surface area contributed by atoms with Gasteiger partial charge in [-0.2, -0.15) is 0 Å². The van der Waals surface area contributed by atoms with Gasteiger partial charge < -0.3 is 15.4 Å². The number of rotatable bonds is 6. The number of ether oxygens (including phenoxy) is 1. The summed E-state index contributed by atoms with van der Waals surface area (Å²) in [5.74, 6) is -0.612. The van der Waals surface area contributed by atoms with Crippen LogP contribution < -0.4 is 15.4 Å². The Morgan fingerprint density at radius 3 is 2.70 bits per heavy atom. The normalized spacial score (nSPS) is 11.6. The summed E-state index contributed by atoms with van der Waals surface area (Å²) in [6.07, 6.45) is 0. The lowest BCUT2D eigenvalue weighted by Crippen LogP contribution is -2.41. The van der Waals surface area contributed by atoms with E-state index in [0.717, 1.165) is 18.7 Å². The highest BCUT2D eigenvalue weighted by atomic mass is 19.1. The van der Waals surface area contributed by atoms with Crippen molar-refractivity contribution in [3.05, 3.63) is 29.8 Å². The van der Waals surface area contributed by atoms with Crippen LogP contribution in [0.5, 0.6) is 5.75 Å². The Hall–Kier alpha value is -1.85. The van der Waals surface area contributed by atoms with Gasteiger partial charge in [-0.15, -0.1) is 0 Å². The summed E-state index contributed by atoms with van der Waals surface area (Å²) in [5, 5.41) is 6.25. The molecule has 6 heteroatoms. The number of halogens is 2. The number of hydrogen-bond donors (Lipinski definition) is 2. The highest BCUT2D eigenvalue weighted by Gasteiger charge is 2.04. The minimum atomic E-state index is -0.707. The molecule has 1 aromatic carbocycles. The molecule has 112 valence electrons. The molecule has 0 radical (unpaired) electrons. The van der Waals surface area contributed by atoms with Gasteiger partial charge in [0.1, 0.15) is 12.4 Å². The van der Waals surface area contributed by atoms with Crippen LogP contribution in [0.1, 0.15) is 20.8 Å². The van der Waals surface area contributed by atoms with Gasteiger partial charge in [0.25, 0.3) is 0 Å². The molecule has 4 nitrogen and oxygen atoms in total. The Balaban J connectivity index is 2.45. The summed E-state index contributed by atoms with van der Waals surface area (Å²) in [5.41, 5.74) is 0. The van der Waals surface area contributed by atoms with Crippen molar-refractivity contribution in [1.29, 1.82) is 0 Å². The van der Waals surface area contributed by atoms with Gasteiger partial charge in [-0.25, -0.2) is 13.8 Å². The predicted octanol–water partition coefficient (Wildman–Crippen LogP) is 2.31. The maximum atomic E-state index is 13.3. The molecule has 0 spiro atoms. The molecule has 0 bridgehead atoms. The number of guanidine groups is 1. The Kier molecular flexibility index (Phi) is 6.76. The fraction of sp³-hybridized carbons (Fsp3) is 0.500. The largest absolute Gasteiger partial charge is 0.489 e. The third kappa shape index (κ3) is 5.86. The number of nitrogens with one attached hydrogen (secondary N) is 2. The fourth-order valence-electron chi connectivity index (χ4n) is 1.50. The molecule has 2 N–H and O–H groups in total. The zero-order valence-electron chi connectivity index (χ0n) is 12.0. The summed E-state index contributed by atoms with van der Waals surface area (Å²) in [6, 6.07) is 3.49. The second-order valence-corrected chi connectivity index (χ2v) is 4.48. The molecule has 0 aliphatic rings. The summed E-state index contributed by atoms with van der Waals surface area (Å²) in [6.45, 7) is 7.35. The van der Waals surface area contributed by atoms with Gasteiger partial charge in [0.2, 0.25) is 0 Å². The Bertz CT molecular complexity index is 450. The molecule has 0 saturated heterocycles. The Labute approximate surface area is 118 Å². The van der Waals surface area contributed by atoms with Crippen molar-refractivity contribution in [2.45, 2.75) is 26.8 Å². The van der Waals surface area contributed by atoms with E-state index in [-0.39, 0.29) is 18.4 Å². The van der Waals surface area contributed by atoms with Crippen LogP contribution in [0, 0.1) is 11.6 Å². The number of benzene rings is 1. The van der Waals surface area contributed by atoms with Gasteiger partial charge in [0.05, 0.1) is 6.54 Å². The van der Waals surface area contributed by atoms with Crippen LogP contribution in [0.25, 0.3) is 0 Å². The maximum absolute atomic E-state index is 13.3. The first-order valence-corrected chi connectivity index (χ1v) is 6.65. The number of aliphatic imine (C=N–C) groups is 1. The molecule has 0 amide bonds. The predicted molar refractivity (Wildman–Crippen MR) is 76.1 cm³/mol. The molecule has 0 saturated carbocycles. The van der Waals surface area contributed by atoms with Crippen molar-refractivity contribution < 1.29 is 13.5 Å². The van der Waals surface area contributed by atoms with Gasteiger partial charge in [-0.05, 0) is 32.9 Å². The monoisotopic (exact) mass is 285 g/mol. The second-order valence-electron chi connectivity index (χ2n) is 4.48. The van der Waals surface area contributed by atoms with Gasteiger partial charge in [-0.1, -0.05) is 0 Å².